The smallest absolute Gasteiger partial charge is 0.335 e. The largest absolute Gasteiger partial charge is 0.478 e. The fourth-order valence-corrected chi connectivity index (χ4v) is 2.32. The molecule has 1 aromatic heterocycles. The van der Waals surface area contributed by atoms with E-state index in [1.165, 1.54) is 0 Å². The molecule has 0 unspecified atom stereocenters. The molecule has 5 nitrogen and oxygen atoms in total. The zero-order chi connectivity index (χ0) is 16.2. The normalized spacial score (nSPS) is 10.4. The molecule has 5 heteroatoms. The van der Waals surface area contributed by atoms with E-state index in [4.69, 9.17) is 10.4 Å². The van der Waals surface area contributed by atoms with E-state index in [0.29, 0.717) is 23.3 Å². The number of carboxylic acid groups (broad SMARTS) is 1. The number of aromatic carboxylic acids is 1. The van der Waals surface area contributed by atoms with Crippen LogP contribution in [0.3, 0.4) is 0 Å². The van der Waals surface area contributed by atoms with Crippen LogP contribution in [0.5, 0.6) is 0 Å². The summed E-state index contributed by atoms with van der Waals surface area (Å²) >= 11 is 0. The van der Waals surface area contributed by atoms with Gasteiger partial charge in [0, 0.05) is 18.0 Å². The zero-order valence-corrected chi connectivity index (χ0v) is 12.2. The summed E-state index contributed by atoms with van der Waals surface area (Å²) in [4.78, 5) is 19.8. The molecule has 0 saturated heterocycles. The second kappa shape index (κ2) is 6.24. The molecule has 2 aromatic carbocycles. The summed E-state index contributed by atoms with van der Waals surface area (Å²) in [6.45, 7) is 0. The lowest BCUT2D eigenvalue weighted by atomic mass is 10.1. The zero-order valence-electron chi connectivity index (χ0n) is 12.2. The van der Waals surface area contributed by atoms with Gasteiger partial charge < -0.3 is 5.11 Å². The Kier molecular flexibility index (Phi) is 3.98. The van der Waals surface area contributed by atoms with Gasteiger partial charge >= 0.3 is 5.97 Å². The molecule has 0 aliphatic carbocycles. The predicted octanol–water partition coefficient (Wildman–Crippen LogP) is 2.98. The predicted molar refractivity (Wildman–Crippen MR) is 85.1 cm³/mol. The molecule has 0 bridgehead atoms. The fourth-order valence-electron chi connectivity index (χ4n) is 2.32. The lowest BCUT2D eigenvalue weighted by Gasteiger charge is -2.04. The van der Waals surface area contributed by atoms with Gasteiger partial charge in [0.1, 0.15) is 5.82 Å². The number of fused-ring (bicyclic) bond motifs is 1. The summed E-state index contributed by atoms with van der Waals surface area (Å²) in [5.41, 5.74) is 2.59. The molecular weight excluding hydrogens is 290 g/mol. The van der Waals surface area contributed by atoms with Crippen LogP contribution in [0.1, 0.15) is 27.3 Å². The van der Waals surface area contributed by atoms with E-state index >= 15 is 0 Å². The minimum absolute atomic E-state index is 0.217. The van der Waals surface area contributed by atoms with E-state index in [-0.39, 0.29) is 5.56 Å². The highest BCUT2D eigenvalue weighted by Crippen LogP contribution is 2.14. The first-order valence-corrected chi connectivity index (χ1v) is 7.14. The number of rotatable bonds is 4. The highest BCUT2D eigenvalue weighted by Gasteiger charge is 2.06. The first kappa shape index (κ1) is 14.7. The standard InChI is InChI=1S/C18H13N3O2/c19-10-13-3-1-12(2-4-13)5-8-17-20-11-15-7-6-14(18(22)23)9-16(15)21-17/h1-4,6-7,9,11H,5,8H2,(H,22,23). The highest BCUT2D eigenvalue weighted by molar-refractivity contribution is 5.92. The molecule has 0 aliphatic rings. The summed E-state index contributed by atoms with van der Waals surface area (Å²) in [5, 5.41) is 18.6. The van der Waals surface area contributed by atoms with Crippen LogP contribution in [0, 0.1) is 11.3 Å². The Morgan fingerprint density at radius 1 is 1.13 bits per heavy atom. The van der Waals surface area contributed by atoms with Crippen molar-refractivity contribution in [3.8, 4) is 6.07 Å². The summed E-state index contributed by atoms with van der Waals surface area (Å²) in [5.74, 6) is -0.297. The minimum Gasteiger partial charge on any atom is -0.478 e. The van der Waals surface area contributed by atoms with Crippen LogP contribution in [0.2, 0.25) is 0 Å². The van der Waals surface area contributed by atoms with Crippen molar-refractivity contribution in [2.75, 3.05) is 0 Å². The Morgan fingerprint density at radius 2 is 1.91 bits per heavy atom. The van der Waals surface area contributed by atoms with Crippen molar-refractivity contribution < 1.29 is 9.90 Å². The molecule has 0 atom stereocenters. The number of aryl methyl sites for hydroxylation is 2. The van der Waals surface area contributed by atoms with Crippen LogP contribution >= 0.6 is 0 Å². The van der Waals surface area contributed by atoms with Crippen molar-refractivity contribution in [1.29, 1.82) is 5.26 Å². The average molecular weight is 303 g/mol. The van der Waals surface area contributed by atoms with Gasteiger partial charge in [0.05, 0.1) is 22.7 Å². The van der Waals surface area contributed by atoms with Gasteiger partial charge in [-0.2, -0.15) is 5.26 Å². The summed E-state index contributed by atoms with van der Waals surface area (Å²) in [7, 11) is 0. The van der Waals surface area contributed by atoms with Crippen molar-refractivity contribution in [1.82, 2.24) is 9.97 Å². The number of hydrogen-bond acceptors (Lipinski definition) is 4. The van der Waals surface area contributed by atoms with Crippen LogP contribution in [0.25, 0.3) is 10.9 Å². The molecule has 1 N–H and O–H groups in total. The van der Waals surface area contributed by atoms with Gasteiger partial charge in [0.2, 0.25) is 0 Å². The Bertz CT molecular complexity index is 912. The van der Waals surface area contributed by atoms with Crippen LogP contribution in [0.4, 0.5) is 0 Å². The molecular formula is C18H13N3O2. The van der Waals surface area contributed by atoms with Gasteiger partial charge in [-0.1, -0.05) is 18.2 Å². The molecule has 0 radical (unpaired) electrons. The van der Waals surface area contributed by atoms with E-state index in [2.05, 4.69) is 16.0 Å². The lowest BCUT2D eigenvalue weighted by molar-refractivity contribution is 0.0697. The van der Waals surface area contributed by atoms with Gasteiger partial charge in [-0.05, 0) is 36.2 Å². The summed E-state index contributed by atoms with van der Waals surface area (Å²) in [6.07, 6.45) is 3.12. The topological polar surface area (TPSA) is 86.9 Å². The van der Waals surface area contributed by atoms with Gasteiger partial charge in [-0.25, -0.2) is 14.8 Å². The quantitative estimate of drug-likeness (QED) is 0.800. The van der Waals surface area contributed by atoms with Crippen molar-refractivity contribution in [3.63, 3.8) is 0 Å². The van der Waals surface area contributed by atoms with E-state index in [1.807, 2.05) is 12.1 Å². The number of nitrogens with zero attached hydrogens (tertiary/aromatic N) is 3. The van der Waals surface area contributed by atoms with E-state index in [0.717, 1.165) is 17.4 Å². The number of carboxylic acids is 1. The van der Waals surface area contributed by atoms with Crippen LogP contribution in [0.15, 0.2) is 48.7 Å². The maximum Gasteiger partial charge on any atom is 0.335 e. The number of hydrogen-bond donors (Lipinski definition) is 1. The molecule has 0 saturated carbocycles. The summed E-state index contributed by atoms with van der Waals surface area (Å²) in [6, 6.07) is 14.3. The minimum atomic E-state index is -0.968. The molecule has 1 heterocycles. The van der Waals surface area contributed by atoms with Gasteiger partial charge in [0.25, 0.3) is 0 Å². The molecule has 3 rings (SSSR count). The SMILES string of the molecule is N#Cc1ccc(CCc2ncc3ccc(C(=O)O)cc3n2)cc1. The first-order valence-electron chi connectivity index (χ1n) is 7.14. The molecule has 0 fully saturated rings. The maximum atomic E-state index is 11.0. The van der Waals surface area contributed by atoms with Crippen molar-refractivity contribution in [2.45, 2.75) is 12.8 Å². The van der Waals surface area contributed by atoms with Crippen LogP contribution in [-0.2, 0) is 12.8 Å². The van der Waals surface area contributed by atoms with Gasteiger partial charge in [0.15, 0.2) is 0 Å². The van der Waals surface area contributed by atoms with Crippen molar-refractivity contribution in [3.05, 3.63) is 71.2 Å². The van der Waals surface area contributed by atoms with Gasteiger partial charge in [-0.15, -0.1) is 0 Å². The Balaban J connectivity index is 1.79. The van der Waals surface area contributed by atoms with E-state index in [1.54, 1.807) is 36.5 Å². The van der Waals surface area contributed by atoms with E-state index in [9.17, 15) is 4.79 Å². The second-order valence-corrected chi connectivity index (χ2v) is 5.17. The van der Waals surface area contributed by atoms with Crippen LogP contribution < -0.4 is 0 Å². The molecule has 0 amide bonds. The molecule has 0 spiro atoms. The fraction of sp³-hybridized carbons (Fsp3) is 0.111. The summed E-state index contributed by atoms with van der Waals surface area (Å²) < 4.78 is 0. The third-order valence-electron chi connectivity index (χ3n) is 3.60. The third kappa shape index (κ3) is 3.33. The Hall–Kier alpha value is -3.26. The molecule has 0 aliphatic heterocycles. The monoisotopic (exact) mass is 303 g/mol. The van der Waals surface area contributed by atoms with Crippen molar-refractivity contribution >= 4 is 16.9 Å². The highest BCUT2D eigenvalue weighted by atomic mass is 16.4. The molecule has 3 aromatic rings. The van der Waals surface area contributed by atoms with E-state index < -0.39 is 5.97 Å². The average Bonchev–Trinajstić information content (AvgIpc) is 2.59. The second-order valence-electron chi connectivity index (χ2n) is 5.17. The third-order valence-corrected chi connectivity index (χ3v) is 3.60. The number of aromatic nitrogens is 2. The first-order chi connectivity index (χ1) is 11.2. The molecule has 23 heavy (non-hydrogen) atoms. The number of carbonyl (C=O) groups is 1. The number of benzene rings is 2. The Morgan fingerprint density at radius 3 is 2.61 bits per heavy atom. The number of nitriles is 1. The molecule has 112 valence electrons. The Labute approximate surface area is 132 Å². The maximum absolute atomic E-state index is 11.0. The van der Waals surface area contributed by atoms with Crippen molar-refractivity contribution in [2.24, 2.45) is 0 Å². The van der Waals surface area contributed by atoms with Crippen LogP contribution in [-0.4, -0.2) is 21.0 Å². The lowest BCUT2D eigenvalue weighted by Crippen LogP contribution is -2.00. The van der Waals surface area contributed by atoms with Gasteiger partial charge in [-0.3, -0.25) is 0 Å².